The molecule has 2 heterocycles. The van der Waals surface area contributed by atoms with Crippen LogP contribution in [0.5, 0.6) is 0 Å². The van der Waals surface area contributed by atoms with Crippen LogP contribution in [0.25, 0.3) is 11.3 Å². The van der Waals surface area contributed by atoms with Gasteiger partial charge in [0.25, 0.3) is 0 Å². The summed E-state index contributed by atoms with van der Waals surface area (Å²) in [6, 6.07) is 9.60. The number of piperidine rings is 1. The number of benzene rings is 1. The normalized spacial score (nSPS) is 23.3. The number of ketones is 2. The number of amides is 1. The highest BCUT2D eigenvalue weighted by molar-refractivity contribution is 6.10. The van der Waals surface area contributed by atoms with Gasteiger partial charge in [-0.15, -0.1) is 0 Å². The maximum absolute atomic E-state index is 13.3. The lowest BCUT2D eigenvalue weighted by atomic mass is 9.69. The molecule has 1 aliphatic heterocycles. The molecule has 5 rings (SSSR count). The molecule has 0 atom stereocenters. The number of pyridine rings is 1. The van der Waals surface area contributed by atoms with Crippen LogP contribution in [0.1, 0.15) is 66.7 Å². The van der Waals surface area contributed by atoms with Gasteiger partial charge >= 0.3 is 0 Å². The molecule has 0 spiro atoms. The van der Waals surface area contributed by atoms with Crippen LogP contribution in [0.3, 0.4) is 0 Å². The number of carbonyl (C=O) groups excluding carboxylic acids is 3. The lowest BCUT2D eigenvalue weighted by Gasteiger charge is -2.38. The summed E-state index contributed by atoms with van der Waals surface area (Å²) in [5.41, 5.74) is 4.85. The van der Waals surface area contributed by atoms with Crippen molar-refractivity contribution in [2.24, 2.45) is 17.8 Å². The number of hydrogen-bond donors (Lipinski definition) is 0. The van der Waals surface area contributed by atoms with E-state index in [1.54, 1.807) is 12.3 Å². The SMILES string of the molecule is Cc1cc(-c2ccc(C#N)cn2)cc(C)c1C1C(=O)CC(C2CCN(C(=O)C3CC3)CC2)CC1=O. The Balaban J connectivity index is 1.29. The Kier molecular flexibility index (Phi) is 6.27. The summed E-state index contributed by atoms with van der Waals surface area (Å²) >= 11 is 0. The number of nitriles is 1. The van der Waals surface area contributed by atoms with E-state index in [1.807, 2.05) is 36.9 Å². The summed E-state index contributed by atoms with van der Waals surface area (Å²) in [4.78, 5) is 45.4. The summed E-state index contributed by atoms with van der Waals surface area (Å²) in [6.07, 6.45) is 6.25. The van der Waals surface area contributed by atoms with Crippen LogP contribution < -0.4 is 0 Å². The second kappa shape index (κ2) is 9.37. The van der Waals surface area contributed by atoms with Crippen LogP contribution in [0.15, 0.2) is 30.5 Å². The topological polar surface area (TPSA) is 91.1 Å². The molecular weight excluding hydrogens is 438 g/mol. The molecule has 6 heteroatoms. The zero-order valence-corrected chi connectivity index (χ0v) is 20.4. The summed E-state index contributed by atoms with van der Waals surface area (Å²) in [7, 11) is 0. The second-order valence-electron chi connectivity index (χ2n) is 10.5. The molecule has 2 aromatic rings. The molecular formula is C29H31N3O3. The van der Waals surface area contributed by atoms with Crippen molar-refractivity contribution in [2.75, 3.05) is 13.1 Å². The van der Waals surface area contributed by atoms with Crippen molar-refractivity contribution in [3.8, 4) is 17.3 Å². The van der Waals surface area contributed by atoms with E-state index in [-0.39, 0.29) is 23.4 Å². The quantitative estimate of drug-likeness (QED) is 0.614. The van der Waals surface area contributed by atoms with Crippen molar-refractivity contribution in [1.29, 1.82) is 5.26 Å². The molecule has 1 aromatic heterocycles. The highest BCUT2D eigenvalue weighted by Gasteiger charge is 2.42. The minimum Gasteiger partial charge on any atom is -0.342 e. The maximum Gasteiger partial charge on any atom is 0.225 e. The first-order valence-corrected chi connectivity index (χ1v) is 12.7. The number of Topliss-reactive ketones (excluding diaryl/α,β-unsaturated/α-hetero) is 2. The summed E-state index contributed by atoms with van der Waals surface area (Å²) < 4.78 is 0. The number of aryl methyl sites for hydroxylation is 2. The minimum absolute atomic E-state index is 0.0261. The highest BCUT2D eigenvalue weighted by Crippen LogP contribution is 2.41. The third-order valence-electron chi connectivity index (χ3n) is 8.09. The average molecular weight is 470 g/mol. The van der Waals surface area contributed by atoms with Gasteiger partial charge in [-0.25, -0.2) is 0 Å². The largest absolute Gasteiger partial charge is 0.342 e. The van der Waals surface area contributed by atoms with Gasteiger partial charge < -0.3 is 4.90 Å². The summed E-state index contributed by atoms with van der Waals surface area (Å²) in [5, 5.41) is 9.01. The van der Waals surface area contributed by atoms with Crippen LogP contribution in [-0.4, -0.2) is 40.4 Å². The van der Waals surface area contributed by atoms with Crippen LogP contribution in [0.2, 0.25) is 0 Å². The second-order valence-corrected chi connectivity index (χ2v) is 10.5. The predicted octanol–water partition coefficient (Wildman–Crippen LogP) is 4.52. The fourth-order valence-electron chi connectivity index (χ4n) is 6.05. The van der Waals surface area contributed by atoms with E-state index >= 15 is 0 Å². The molecule has 1 amide bonds. The van der Waals surface area contributed by atoms with Crippen molar-refractivity contribution in [1.82, 2.24) is 9.88 Å². The fourth-order valence-corrected chi connectivity index (χ4v) is 6.05. The molecule has 0 radical (unpaired) electrons. The molecule has 2 saturated carbocycles. The molecule has 1 aromatic carbocycles. The van der Waals surface area contributed by atoms with Gasteiger partial charge in [0.15, 0.2) is 0 Å². The lowest BCUT2D eigenvalue weighted by Crippen LogP contribution is -2.43. The number of likely N-dealkylation sites (tertiary alicyclic amines) is 1. The summed E-state index contributed by atoms with van der Waals surface area (Å²) in [6.45, 7) is 5.42. The predicted molar refractivity (Wildman–Crippen MR) is 131 cm³/mol. The molecule has 6 nitrogen and oxygen atoms in total. The zero-order chi connectivity index (χ0) is 24.7. The zero-order valence-electron chi connectivity index (χ0n) is 20.4. The van der Waals surface area contributed by atoms with Crippen LogP contribution >= 0.6 is 0 Å². The Bertz CT molecular complexity index is 1170. The highest BCUT2D eigenvalue weighted by atomic mass is 16.2. The molecule has 1 saturated heterocycles. The van der Waals surface area contributed by atoms with Gasteiger partial charge in [-0.05, 0) is 92.3 Å². The van der Waals surface area contributed by atoms with E-state index in [9.17, 15) is 14.4 Å². The Labute approximate surface area is 206 Å². The molecule has 0 unspecified atom stereocenters. The first-order chi connectivity index (χ1) is 16.9. The van der Waals surface area contributed by atoms with Crippen molar-refractivity contribution in [3.05, 3.63) is 52.7 Å². The smallest absolute Gasteiger partial charge is 0.225 e. The van der Waals surface area contributed by atoms with Crippen molar-refractivity contribution in [2.45, 2.75) is 58.3 Å². The van der Waals surface area contributed by atoms with Crippen LogP contribution in [0.4, 0.5) is 0 Å². The number of hydrogen-bond acceptors (Lipinski definition) is 5. The average Bonchev–Trinajstić information content (AvgIpc) is 3.70. The molecule has 0 bridgehead atoms. The minimum atomic E-state index is -0.689. The fraction of sp³-hybridized carbons (Fsp3) is 0.483. The number of carbonyl (C=O) groups is 3. The van der Waals surface area contributed by atoms with E-state index in [4.69, 9.17) is 5.26 Å². The number of nitrogens with zero attached hydrogens (tertiary/aromatic N) is 3. The van der Waals surface area contributed by atoms with E-state index in [0.717, 1.165) is 66.7 Å². The Morgan fingerprint density at radius 3 is 2.11 bits per heavy atom. The van der Waals surface area contributed by atoms with Crippen LogP contribution in [0, 0.1) is 42.9 Å². The van der Waals surface area contributed by atoms with E-state index in [1.165, 1.54) is 0 Å². The number of aromatic nitrogens is 1. The third-order valence-corrected chi connectivity index (χ3v) is 8.09. The first kappa shape index (κ1) is 23.4. The van der Waals surface area contributed by atoms with E-state index in [0.29, 0.717) is 30.2 Å². The van der Waals surface area contributed by atoms with Gasteiger partial charge in [0, 0.05) is 43.6 Å². The maximum atomic E-state index is 13.3. The van der Waals surface area contributed by atoms with Gasteiger partial charge in [-0.2, -0.15) is 5.26 Å². The third kappa shape index (κ3) is 4.65. The van der Waals surface area contributed by atoms with Gasteiger partial charge in [-0.1, -0.05) is 0 Å². The molecule has 3 aliphatic rings. The first-order valence-electron chi connectivity index (χ1n) is 12.7. The van der Waals surface area contributed by atoms with Gasteiger partial charge in [-0.3, -0.25) is 19.4 Å². The van der Waals surface area contributed by atoms with Crippen molar-refractivity contribution < 1.29 is 14.4 Å². The molecule has 35 heavy (non-hydrogen) atoms. The van der Waals surface area contributed by atoms with Gasteiger partial charge in [0.1, 0.15) is 23.6 Å². The van der Waals surface area contributed by atoms with Crippen LogP contribution in [-0.2, 0) is 14.4 Å². The Morgan fingerprint density at radius 2 is 1.60 bits per heavy atom. The van der Waals surface area contributed by atoms with Crippen molar-refractivity contribution in [3.63, 3.8) is 0 Å². The Morgan fingerprint density at radius 1 is 0.971 bits per heavy atom. The van der Waals surface area contributed by atoms with E-state index in [2.05, 4.69) is 11.1 Å². The monoisotopic (exact) mass is 469 g/mol. The Hall–Kier alpha value is -3.33. The van der Waals surface area contributed by atoms with Crippen molar-refractivity contribution >= 4 is 17.5 Å². The van der Waals surface area contributed by atoms with Gasteiger partial charge in [0.2, 0.25) is 5.91 Å². The molecule has 2 aliphatic carbocycles. The van der Waals surface area contributed by atoms with E-state index < -0.39 is 5.92 Å². The number of rotatable bonds is 4. The molecule has 0 N–H and O–H groups in total. The standard InChI is InChI=1S/C29H31N3O3/c1-17-11-23(24-6-3-19(15-30)16-31-24)12-18(2)27(17)28-25(33)13-22(14-26(28)34)20-7-9-32(10-8-20)29(35)21-4-5-21/h3,6,11-12,16,20-22,28H,4-5,7-10,13-14H2,1-2H3. The summed E-state index contributed by atoms with van der Waals surface area (Å²) in [5.74, 6) is 0.328. The molecule has 3 fully saturated rings. The molecule has 180 valence electrons. The van der Waals surface area contributed by atoms with Gasteiger partial charge in [0.05, 0.1) is 11.3 Å². The lowest BCUT2D eigenvalue weighted by molar-refractivity contribution is -0.138.